The number of nitrogens with one attached hydrogen (secondary N) is 1. The summed E-state index contributed by atoms with van der Waals surface area (Å²) in [4.78, 5) is 14.3. The van der Waals surface area contributed by atoms with Crippen LogP contribution in [-0.2, 0) is 17.6 Å². The summed E-state index contributed by atoms with van der Waals surface area (Å²) in [6, 6.07) is 7.42. The fourth-order valence-corrected chi connectivity index (χ4v) is 5.21. The van der Waals surface area contributed by atoms with Crippen molar-refractivity contribution in [2.24, 2.45) is 0 Å². The molecule has 124 valence electrons. The molecule has 1 aliphatic rings. The molecule has 0 saturated carbocycles. The van der Waals surface area contributed by atoms with Crippen LogP contribution in [0.3, 0.4) is 0 Å². The predicted molar refractivity (Wildman–Crippen MR) is 101 cm³/mol. The van der Waals surface area contributed by atoms with E-state index in [0.29, 0.717) is 20.6 Å². The van der Waals surface area contributed by atoms with Crippen LogP contribution in [0.2, 0.25) is 10.0 Å². The van der Waals surface area contributed by atoms with Crippen LogP contribution in [0.5, 0.6) is 0 Å². The Morgan fingerprint density at radius 3 is 2.92 bits per heavy atom. The van der Waals surface area contributed by atoms with Gasteiger partial charge in [-0.05, 0) is 49.4 Å². The molecule has 0 bridgehead atoms. The lowest BCUT2D eigenvalue weighted by molar-refractivity contribution is -0.113. The molecule has 1 aromatic carbocycles. The molecule has 1 heterocycles. The van der Waals surface area contributed by atoms with Crippen LogP contribution in [0.15, 0.2) is 23.1 Å². The minimum absolute atomic E-state index is 0.147. The van der Waals surface area contributed by atoms with Crippen LogP contribution < -0.4 is 5.32 Å². The van der Waals surface area contributed by atoms with Crippen molar-refractivity contribution in [3.63, 3.8) is 0 Å². The fraction of sp³-hybridized carbons (Fsp3) is 0.294. The van der Waals surface area contributed by atoms with Crippen LogP contribution in [0.1, 0.15) is 28.8 Å². The minimum atomic E-state index is -0.147. The number of thioether (sulfide) groups is 1. The number of carbonyl (C=O) groups excluding carboxylic acids is 1. The SMILES string of the molecule is N#Cc1c(NC(=O)CSc2cc(Cl)ccc2Cl)sc2c1CCCC2. The fourth-order valence-electron chi connectivity index (χ4n) is 2.67. The van der Waals surface area contributed by atoms with E-state index in [2.05, 4.69) is 11.4 Å². The zero-order valence-electron chi connectivity index (χ0n) is 12.7. The molecule has 2 aromatic rings. The largest absolute Gasteiger partial charge is 0.316 e. The highest BCUT2D eigenvalue weighted by Crippen LogP contribution is 2.38. The number of nitriles is 1. The standard InChI is InChI=1S/C17H14Cl2N2OS2/c18-10-5-6-13(19)15(7-10)23-9-16(22)21-17-12(8-20)11-3-1-2-4-14(11)24-17/h5-7H,1-4,9H2,(H,21,22). The molecule has 1 aromatic heterocycles. The van der Waals surface area contributed by atoms with Crippen molar-refractivity contribution in [3.8, 4) is 6.07 Å². The number of benzene rings is 1. The maximum absolute atomic E-state index is 12.3. The first-order valence-electron chi connectivity index (χ1n) is 7.51. The summed E-state index contributed by atoms with van der Waals surface area (Å²) < 4.78 is 0. The highest BCUT2D eigenvalue weighted by atomic mass is 35.5. The second-order valence-corrected chi connectivity index (χ2v) is 8.40. The van der Waals surface area contributed by atoms with Gasteiger partial charge in [0, 0.05) is 14.8 Å². The van der Waals surface area contributed by atoms with Crippen molar-refractivity contribution in [1.29, 1.82) is 5.26 Å². The lowest BCUT2D eigenvalue weighted by Crippen LogP contribution is -2.14. The molecule has 0 saturated heterocycles. The Hall–Kier alpha value is -1.19. The molecule has 1 amide bonds. The van der Waals surface area contributed by atoms with Crippen LogP contribution in [0.4, 0.5) is 5.00 Å². The van der Waals surface area contributed by atoms with Gasteiger partial charge in [-0.15, -0.1) is 23.1 Å². The van der Waals surface area contributed by atoms with Crippen LogP contribution in [0, 0.1) is 11.3 Å². The van der Waals surface area contributed by atoms with E-state index in [1.807, 2.05) is 0 Å². The van der Waals surface area contributed by atoms with Crippen molar-refractivity contribution in [2.75, 3.05) is 11.1 Å². The topological polar surface area (TPSA) is 52.9 Å². The molecule has 0 radical (unpaired) electrons. The lowest BCUT2D eigenvalue weighted by Gasteiger charge is -2.09. The van der Waals surface area contributed by atoms with Crippen molar-refractivity contribution >= 4 is 57.2 Å². The minimum Gasteiger partial charge on any atom is -0.316 e. The van der Waals surface area contributed by atoms with Gasteiger partial charge in [-0.25, -0.2) is 0 Å². The zero-order chi connectivity index (χ0) is 17.1. The predicted octanol–water partition coefficient (Wildman–Crippen LogP) is 5.54. The summed E-state index contributed by atoms with van der Waals surface area (Å²) >= 11 is 14.9. The van der Waals surface area contributed by atoms with E-state index in [1.165, 1.54) is 28.0 Å². The summed E-state index contributed by atoms with van der Waals surface area (Å²) in [5, 5.41) is 14.1. The molecule has 0 aliphatic heterocycles. The molecule has 3 nitrogen and oxygen atoms in total. The highest BCUT2D eigenvalue weighted by Gasteiger charge is 2.21. The molecule has 24 heavy (non-hydrogen) atoms. The van der Waals surface area contributed by atoms with Gasteiger partial charge in [-0.2, -0.15) is 5.26 Å². The van der Waals surface area contributed by atoms with Crippen molar-refractivity contribution in [2.45, 2.75) is 30.6 Å². The van der Waals surface area contributed by atoms with Crippen LogP contribution in [-0.4, -0.2) is 11.7 Å². The van der Waals surface area contributed by atoms with E-state index in [1.54, 1.807) is 18.2 Å². The number of amides is 1. The summed E-state index contributed by atoms with van der Waals surface area (Å²) in [6.45, 7) is 0. The third-order valence-corrected chi connectivity index (χ3v) is 6.73. The molecule has 1 aliphatic carbocycles. The summed E-state index contributed by atoms with van der Waals surface area (Å²) in [7, 11) is 0. The number of hydrogen-bond donors (Lipinski definition) is 1. The second kappa shape index (κ2) is 7.79. The van der Waals surface area contributed by atoms with Crippen molar-refractivity contribution < 1.29 is 4.79 Å². The number of thiophene rings is 1. The average molecular weight is 397 g/mol. The number of halogens is 2. The van der Waals surface area contributed by atoms with E-state index in [9.17, 15) is 10.1 Å². The Bertz CT molecular complexity index is 827. The first-order chi connectivity index (χ1) is 11.6. The Balaban J connectivity index is 1.68. The number of fused-ring (bicyclic) bond motifs is 1. The van der Waals surface area contributed by atoms with E-state index < -0.39 is 0 Å². The van der Waals surface area contributed by atoms with E-state index in [4.69, 9.17) is 23.2 Å². The zero-order valence-corrected chi connectivity index (χ0v) is 15.8. The average Bonchev–Trinajstić information content (AvgIpc) is 2.92. The van der Waals surface area contributed by atoms with Gasteiger partial charge in [0.1, 0.15) is 11.1 Å². The van der Waals surface area contributed by atoms with Gasteiger partial charge in [-0.1, -0.05) is 23.2 Å². The molecule has 0 atom stereocenters. The van der Waals surface area contributed by atoms with Gasteiger partial charge >= 0.3 is 0 Å². The first-order valence-corrected chi connectivity index (χ1v) is 10.1. The van der Waals surface area contributed by atoms with Gasteiger partial charge in [0.2, 0.25) is 5.91 Å². The summed E-state index contributed by atoms with van der Waals surface area (Å²) in [5.41, 5.74) is 1.75. The normalized spacial score (nSPS) is 13.2. The number of nitrogens with zero attached hydrogens (tertiary/aromatic N) is 1. The molecular formula is C17H14Cl2N2OS2. The Morgan fingerprint density at radius 1 is 1.33 bits per heavy atom. The van der Waals surface area contributed by atoms with E-state index >= 15 is 0 Å². The number of anilines is 1. The molecule has 0 unspecified atom stereocenters. The number of rotatable bonds is 4. The third kappa shape index (κ3) is 3.89. The maximum atomic E-state index is 12.3. The van der Waals surface area contributed by atoms with Crippen molar-refractivity contribution in [3.05, 3.63) is 44.2 Å². The Labute approximate surface area is 159 Å². The first kappa shape index (κ1) is 17.6. The van der Waals surface area contributed by atoms with Gasteiger partial charge in [0.15, 0.2) is 0 Å². The van der Waals surface area contributed by atoms with Gasteiger partial charge in [-0.3, -0.25) is 4.79 Å². The smallest absolute Gasteiger partial charge is 0.235 e. The van der Waals surface area contributed by atoms with Gasteiger partial charge < -0.3 is 5.32 Å². The van der Waals surface area contributed by atoms with E-state index in [0.717, 1.165) is 36.1 Å². The van der Waals surface area contributed by atoms with Crippen LogP contribution in [0.25, 0.3) is 0 Å². The van der Waals surface area contributed by atoms with Gasteiger partial charge in [0.25, 0.3) is 0 Å². The van der Waals surface area contributed by atoms with E-state index in [-0.39, 0.29) is 11.7 Å². The van der Waals surface area contributed by atoms with Crippen molar-refractivity contribution in [1.82, 2.24) is 0 Å². The lowest BCUT2D eigenvalue weighted by atomic mass is 9.96. The second-order valence-electron chi connectivity index (χ2n) is 5.44. The quantitative estimate of drug-likeness (QED) is 0.690. The number of aryl methyl sites for hydroxylation is 1. The highest BCUT2D eigenvalue weighted by molar-refractivity contribution is 8.00. The molecule has 7 heteroatoms. The molecular weight excluding hydrogens is 383 g/mol. The van der Waals surface area contributed by atoms with Crippen LogP contribution >= 0.6 is 46.3 Å². The van der Waals surface area contributed by atoms with Gasteiger partial charge in [0.05, 0.1) is 16.3 Å². The Kier molecular flexibility index (Phi) is 5.72. The molecule has 0 spiro atoms. The molecule has 0 fully saturated rings. The number of carbonyl (C=O) groups is 1. The molecule has 1 N–H and O–H groups in total. The Morgan fingerprint density at radius 2 is 2.12 bits per heavy atom. The summed E-state index contributed by atoms with van der Waals surface area (Å²) in [6.07, 6.45) is 4.18. The summed E-state index contributed by atoms with van der Waals surface area (Å²) in [5.74, 6) is 0.0687. The molecule has 3 rings (SSSR count). The monoisotopic (exact) mass is 396 g/mol. The third-order valence-electron chi connectivity index (χ3n) is 3.79. The number of hydrogen-bond acceptors (Lipinski definition) is 4. The maximum Gasteiger partial charge on any atom is 0.235 e.